The van der Waals surface area contributed by atoms with Crippen molar-refractivity contribution in [2.24, 2.45) is 17.3 Å². The van der Waals surface area contributed by atoms with Crippen molar-refractivity contribution in [3.63, 3.8) is 0 Å². The molecular formula is C15H22O3. The van der Waals surface area contributed by atoms with Crippen LogP contribution in [0.1, 0.15) is 39.5 Å². The Morgan fingerprint density at radius 3 is 2.83 bits per heavy atom. The highest BCUT2D eigenvalue weighted by atomic mass is 16.4. The quantitative estimate of drug-likeness (QED) is 0.585. The molecule has 0 aromatic heterocycles. The fourth-order valence-electron chi connectivity index (χ4n) is 3.55. The Hall–Kier alpha value is -1.09. The van der Waals surface area contributed by atoms with Crippen LogP contribution in [0.5, 0.6) is 0 Å². The summed E-state index contributed by atoms with van der Waals surface area (Å²) in [6.45, 7) is 8.08. The van der Waals surface area contributed by atoms with Crippen LogP contribution in [0, 0.1) is 17.3 Å². The maximum atomic E-state index is 11.0. The van der Waals surface area contributed by atoms with E-state index in [1.54, 1.807) is 0 Å². The van der Waals surface area contributed by atoms with Gasteiger partial charge in [-0.25, -0.2) is 4.79 Å². The Morgan fingerprint density at radius 1 is 1.56 bits per heavy atom. The van der Waals surface area contributed by atoms with E-state index in [1.165, 1.54) is 5.57 Å². The van der Waals surface area contributed by atoms with Crippen LogP contribution in [0.4, 0.5) is 0 Å². The summed E-state index contributed by atoms with van der Waals surface area (Å²) in [6.07, 6.45) is 4.99. The van der Waals surface area contributed by atoms with Crippen molar-refractivity contribution in [1.82, 2.24) is 0 Å². The van der Waals surface area contributed by atoms with Crippen molar-refractivity contribution in [2.45, 2.75) is 45.6 Å². The molecule has 2 rings (SSSR count). The second-order valence-electron chi connectivity index (χ2n) is 6.08. The van der Waals surface area contributed by atoms with Gasteiger partial charge in [-0.3, -0.25) is 0 Å². The van der Waals surface area contributed by atoms with E-state index in [1.807, 2.05) is 6.08 Å². The maximum absolute atomic E-state index is 11.0. The van der Waals surface area contributed by atoms with Crippen molar-refractivity contribution >= 4 is 5.97 Å². The van der Waals surface area contributed by atoms with E-state index in [0.29, 0.717) is 11.5 Å². The lowest BCUT2D eigenvalue weighted by molar-refractivity contribution is -0.133. The third-order valence-electron chi connectivity index (χ3n) is 5.01. The Morgan fingerprint density at radius 2 is 2.22 bits per heavy atom. The molecule has 0 spiro atoms. The van der Waals surface area contributed by atoms with E-state index in [4.69, 9.17) is 5.11 Å². The summed E-state index contributed by atoms with van der Waals surface area (Å²) >= 11 is 0. The van der Waals surface area contributed by atoms with Gasteiger partial charge >= 0.3 is 5.97 Å². The molecule has 2 aliphatic rings. The Kier molecular flexibility index (Phi) is 3.37. The molecule has 0 amide bonds. The standard InChI is InChI=1S/C15H22O3/c1-9-6-13(16)7-12-5-4-11(8-15(9,12)3)10(2)14(17)18/h7,9,11,13,16H,2,4-6,8H2,1,3H3,(H,17,18)/t9-,11-,13+,15+/m0/s1. The molecule has 100 valence electrons. The summed E-state index contributed by atoms with van der Waals surface area (Å²) in [5.74, 6) is -0.418. The molecular weight excluding hydrogens is 228 g/mol. The molecule has 2 N–H and O–H groups in total. The number of allylic oxidation sites excluding steroid dienone is 1. The van der Waals surface area contributed by atoms with Gasteiger partial charge in [0.15, 0.2) is 0 Å². The summed E-state index contributed by atoms with van der Waals surface area (Å²) < 4.78 is 0. The minimum absolute atomic E-state index is 0.0283. The van der Waals surface area contributed by atoms with Gasteiger partial charge in [0.2, 0.25) is 0 Å². The van der Waals surface area contributed by atoms with Gasteiger partial charge in [0.25, 0.3) is 0 Å². The number of carboxylic acid groups (broad SMARTS) is 1. The molecule has 3 nitrogen and oxygen atoms in total. The minimum atomic E-state index is -0.875. The number of hydrogen-bond donors (Lipinski definition) is 2. The van der Waals surface area contributed by atoms with Gasteiger partial charge in [-0.1, -0.05) is 32.1 Å². The molecule has 1 saturated carbocycles. The van der Waals surface area contributed by atoms with Crippen LogP contribution in [0.15, 0.2) is 23.8 Å². The molecule has 1 fully saturated rings. The van der Waals surface area contributed by atoms with Crippen LogP contribution >= 0.6 is 0 Å². The Bertz CT molecular complexity index is 410. The zero-order valence-electron chi connectivity index (χ0n) is 11.1. The van der Waals surface area contributed by atoms with Gasteiger partial charge in [0.05, 0.1) is 6.10 Å². The number of carbonyl (C=O) groups is 1. The van der Waals surface area contributed by atoms with E-state index in [-0.39, 0.29) is 17.4 Å². The van der Waals surface area contributed by atoms with E-state index in [9.17, 15) is 9.90 Å². The molecule has 4 atom stereocenters. The van der Waals surface area contributed by atoms with E-state index >= 15 is 0 Å². The van der Waals surface area contributed by atoms with Gasteiger partial charge in [-0.15, -0.1) is 0 Å². The van der Waals surface area contributed by atoms with Crippen molar-refractivity contribution in [3.05, 3.63) is 23.8 Å². The van der Waals surface area contributed by atoms with E-state index < -0.39 is 5.97 Å². The average molecular weight is 250 g/mol. The lowest BCUT2D eigenvalue weighted by Gasteiger charge is -2.48. The van der Waals surface area contributed by atoms with Gasteiger partial charge in [-0.2, -0.15) is 0 Å². The zero-order chi connectivity index (χ0) is 13.5. The summed E-state index contributed by atoms with van der Waals surface area (Å²) in [7, 11) is 0. The van der Waals surface area contributed by atoms with E-state index in [2.05, 4.69) is 20.4 Å². The van der Waals surface area contributed by atoms with Crippen LogP contribution in [0.3, 0.4) is 0 Å². The number of rotatable bonds is 2. The molecule has 0 heterocycles. The lowest BCUT2D eigenvalue weighted by atomic mass is 9.57. The normalized spacial score (nSPS) is 39.7. The monoisotopic (exact) mass is 250 g/mol. The minimum Gasteiger partial charge on any atom is -0.478 e. The van der Waals surface area contributed by atoms with Crippen LogP contribution in [0.25, 0.3) is 0 Å². The van der Waals surface area contributed by atoms with Crippen LogP contribution in [-0.4, -0.2) is 22.3 Å². The topological polar surface area (TPSA) is 57.5 Å². The molecule has 0 unspecified atom stereocenters. The van der Waals surface area contributed by atoms with Gasteiger partial charge in [-0.05, 0) is 42.9 Å². The maximum Gasteiger partial charge on any atom is 0.331 e. The van der Waals surface area contributed by atoms with Crippen LogP contribution < -0.4 is 0 Å². The Balaban J connectivity index is 2.24. The first-order valence-corrected chi connectivity index (χ1v) is 6.66. The fourth-order valence-corrected chi connectivity index (χ4v) is 3.55. The summed E-state index contributed by atoms with van der Waals surface area (Å²) in [6, 6.07) is 0. The molecule has 0 radical (unpaired) electrons. The molecule has 0 aliphatic heterocycles. The summed E-state index contributed by atoms with van der Waals surface area (Å²) in [5.41, 5.74) is 1.68. The third kappa shape index (κ3) is 2.12. The van der Waals surface area contributed by atoms with Gasteiger partial charge < -0.3 is 10.2 Å². The fraction of sp³-hybridized carbons (Fsp3) is 0.667. The largest absolute Gasteiger partial charge is 0.478 e. The molecule has 0 saturated heterocycles. The molecule has 2 aliphatic carbocycles. The smallest absolute Gasteiger partial charge is 0.331 e. The molecule has 18 heavy (non-hydrogen) atoms. The summed E-state index contributed by atoms with van der Waals surface area (Å²) in [4.78, 5) is 11.0. The first-order chi connectivity index (χ1) is 8.34. The predicted molar refractivity (Wildman–Crippen MR) is 70.1 cm³/mol. The molecule has 0 bridgehead atoms. The van der Waals surface area contributed by atoms with Crippen molar-refractivity contribution in [2.75, 3.05) is 0 Å². The first-order valence-electron chi connectivity index (χ1n) is 6.66. The highest BCUT2D eigenvalue weighted by Crippen LogP contribution is 2.53. The van der Waals surface area contributed by atoms with Crippen molar-refractivity contribution in [1.29, 1.82) is 0 Å². The second kappa shape index (κ2) is 4.54. The number of aliphatic carboxylic acids is 1. The van der Waals surface area contributed by atoms with Gasteiger partial charge in [0.1, 0.15) is 0 Å². The van der Waals surface area contributed by atoms with Crippen molar-refractivity contribution < 1.29 is 15.0 Å². The average Bonchev–Trinajstić information content (AvgIpc) is 2.29. The highest BCUT2D eigenvalue weighted by Gasteiger charge is 2.44. The first kappa shape index (κ1) is 13.3. The van der Waals surface area contributed by atoms with Crippen molar-refractivity contribution in [3.8, 4) is 0 Å². The molecule has 0 aromatic carbocycles. The number of carboxylic acids is 1. The molecule has 3 heteroatoms. The number of fused-ring (bicyclic) bond motifs is 1. The van der Waals surface area contributed by atoms with Gasteiger partial charge in [0, 0.05) is 5.57 Å². The summed E-state index contributed by atoms with van der Waals surface area (Å²) in [5, 5.41) is 18.9. The Labute approximate surface area is 108 Å². The lowest BCUT2D eigenvalue weighted by Crippen LogP contribution is -2.40. The van der Waals surface area contributed by atoms with Crippen LogP contribution in [-0.2, 0) is 4.79 Å². The molecule has 0 aromatic rings. The van der Waals surface area contributed by atoms with Crippen LogP contribution in [0.2, 0.25) is 0 Å². The SMILES string of the molecule is C=C(C(=O)O)[C@H]1CCC2=C[C@H](O)C[C@H](C)[C@@]2(C)C1. The number of aliphatic hydroxyl groups excluding tert-OH is 1. The predicted octanol–water partition coefficient (Wildman–Crippen LogP) is 2.76. The highest BCUT2D eigenvalue weighted by molar-refractivity contribution is 5.86. The second-order valence-corrected chi connectivity index (χ2v) is 6.08. The third-order valence-corrected chi connectivity index (χ3v) is 5.01. The number of aliphatic hydroxyl groups is 1. The number of hydrogen-bond acceptors (Lipinski definition) is 2. The zero-order valence-corrected chi connectivity index (χ0v) is 11.1. The van der Waals surface area contributed by atoms with E-state index in [0.717, 1.165) is 25.7 Å².